The predicted molar refractivity (Wildman–Crippen MR) is 110 cm³/mol. The van der Waals surface area contributed by atoms with Gasteiger partial charge in [0.2, 0.25) is 15.9 Å². The number of nitrogens with one attached hydrogen (secondary N) is 1. The summed E-state index contributed by atoms with van der Waals surface area (Å²) in [6, 6.07) is 6.09. The van der Waals surface area contributed by atoms with Crippen molar-refractivity contribution in [3.8, 4) is 0 Å². The number of aryl methyl sites for hydroxylation is 1. The normalized spacial score (nSPS) is 17.1. The number of nitrogens with zero attached hydrogens (tertiary/aromatic N) is 4. The molecular formula is C20H25N5O4S. The average Bonchev–Trinajstić information content (AvgIpc) is 3.36. The molecule has 10 heteroatoms. The van der Waals surface area contributed by atoms with Gasteiger partial charge in [-0.25, -0.2) is 8.42 Å². The number of hydrogen-bond donors (Lipinski definition) is 1. The van der Waals surface area contributed by atoms with E-state index in [-0.39, 0.29) is 23.3 Å². The smallest absolute Gasteiger partial charge is 0.274 e. The number of benzene rings is 1. The first-order chi connectivity index (χ1) is 14.3. The number of amides is 2. The van der Waals surface area contributed by atoms with Crippen molar-refractivity contribution < 1.29 is 18.0 Å². The Kier molecular flexibility index (Phi) is 5.37. The van der Waals surface area contributed by atoms with Gasteiger partial charge >= 0.3 is 0 Å². The Bertz CT molecular complexity index is 1090. The predicted octanol–water partition coefficient (Wildman–Crippen LogP) is 1.36. The molecule has 1 aromatic heterocycles. The van der Waals surface area contributed by atoms with Crippen molar-refractivity contribution in [1.82, 2.24) is 19.0 Å². The van der Waals surface area contributed by atoms with Crippen molar-refractivity contribution in [3.05, 3.63) is 41.2 Å². The molecule has 0 saturated carbocycles. The molecule has 1 fully saturated rings. The summed E-state index contributed by atoms with van der Waals surface area (Å²) in [4.78, 5) is 26.0. The fourth-order valence-corrected chi connectivity index (χ4v) is 5.49. The third-order valence-electron chi connectivity index (χ3n) is 5.62. The summed E-state index contributed by atoms with van der Waals surface area (Å²) in [7, 11) is -1.95. The quantitative estimate of drug-likeness (QED) is 0.787. The zero-order chi connectivity index (χ0) is 21.5. The molecule has 3 heterocycles. The first-order valence-electron chi connectivity index (χ1n) is 9.99. The number of sulfonamides is 1. The largest absolute Gasteiger partial charge is 0.337 e. The second-order valence-corrected chi connectivity index (χ2v) is 9.63. The van der Waals surface area contributed by atoms with Gasteiger partial charge in [0, 0.05) is 63.5 Å². The van der Waals surface area contributed by atoms with E-state index < -0.39 is 10.0 Å². The lowest BCUT2D eigenvalue weighted by Gasteiger charge is -2.27. The van der Waals surface area contributed by atoms with Gasteiger partial charge in [0.25, 0.3) is 5.91 Å². The number of rotatable bonds is 4. The molecule has 0 bridgehead atoms. The Labute approximate surface area is 175 Å². The molecular weight excluding hydrogens is 406 g/mol. The third-order valence-corrected chi connectivity index (χ3v) is 7.48. The second kappa shape index (κ2) is 7.84. The maximum atomic E-state index is 13.2. The lowest BCUT2D eigenvalue weighted by atomic mass is 10.1. The molecule has 0 radical (unpaired) electrons. The van der Waals surface area contributed by atoms with Crippen LogP contribution in [0.1, 0.15) is 41.5 Å². The van der Waals surface area contributed by atoms with Crippen molar-refractivity contribution in [1.29, 1.82) is 0 Å². The number of hydrogen-bond acceptors (Lipinski definition) is 5. The molecule has 9 nitrogen and oxygen atoms in total. The van der Waals surface area contributed by atoms with Gasteiger partial charge in [-0.15, -0.1) is 0 Å². The van der Waals surface area contributed by atoms with Crippen LogP contribution in [0.2, 0.25) is 0 Å². The third kappa shape index (κ3) is 3.72. The van der Waals surface area contributed by atoms with Gasteiger partial charge in [0.05, 0.1) is 4.90 Å². The topological polar surface area (TPSA) is 105 Å². The van der Waals surface area contributed by atoms with Gasteiger partial charge in [0.1, 0.15) is 0 Å². The van der Waals surface area contributed by atoms with Crippen LogP contribution in [0.4, 0.5) is 5.69 Å². The Morgan fingerprint density at radius 3 is 2.37 bits per heavy atom. The van der Waals surface area contributed by atoms with Gasteiger partial charge in [-0.3, -0.25) is 14.3 Å². The minimum absolute atomic E-state index is 0.119. The van der Waals surface area contributed by atoms with Crippen LogP contribution in [-0.4, -0.2) is 58.9 Å². The van der Waals surface area contributed by atoms with Crippen LogP contribution in [0, 0.1) is 0 Å². The summed E-state index contributed by atoms with van der Waals surface area (Å²) >= 11 is 0. The van der Waals surface area contributed by atoms with E-state index in [2.05, 4.69) is 10.4 Å². The van der Waals surface area contributed by atoms with E-state index in [1.54, 1.807) is 28.8 Å². The van der Waals surface area contributed by atoms with Crippen LogP contribution in [0.5, 0.6) is 0 Å². The lowest BCUT2D eigenvalue weighted by molar-refractivity contribution is -0.114. The number of carbonyl (C=O) groups excluding carboxylic acids is 2. The number of anilines is 1. The van der Waals surface area contributed by atoms with Crippen LogP contribution in [0.3, 0.4) is 0 Å². The monoisotopic (exact) mass is 431 g/mol. The van der Waals surface area contributed by atoms with E-state index in [1.807, 2.05) is 0 Å². The van der Waals surface area contributed by atoms with E-state index >= 15 is 0 Å². The highest BCUT2D eigenvalue weighted by Crippen LogP contribution is 2.28. The summed E-state index contributed by atoms with van der Waals surface area (Å²) in [5.74, 6) is -0.343. The van der Waals surface area contributed by atoms with Crippen LogP contribution in [0.15, 0.2) is 29.2 Å². The highest BCUT2D eigenvalue weighted by Gasteiger charge is 2.35. The second-order valence-electron chi connectivity index (χ2n) is 7.69. The number of aromatic nitrogens is 2. The first-order valence-corrected chi connectivity index (χ1v) is 11.4. The van der Waals surface area contributed by atoms with E-state index in [9.17, 15) is 18.0 Å². The van der Waals surface area contributed by atoms with Crippen LogP contribution in [-0.2, 0) is 34.8 Å². The molecule has 0 unspecified atom stereocenters. The molecule has 2 aromatic rings. The highest BCUT2D eigenvalue weighted by atomic mass is 32.2. The molecule has 2 amide bonds. The van der Waals surface area contributed by atoms with Gasteiger partial charge in [-0.2, -0.15) is 9.40 Å². The van der Waals surface area contributed by atoms with Crippen molar-refractivity contribution in [2.75, 3.05) is 25.0 Å². The maximum absolute atomic E-state index is 13.2. The van der Waals surface area contributed by atoms with Crippen LogP contribution < -0.4 is 5.32 Å². The van der Waals surface area contributed by atoms with Crippen molar-refractivity contribution >= 4 is 27.5 Å². The number of carbonyl (C=O) groups is 2. The summed E-state index contributed by atoms with van der Waals surface area (Å²) in [6.45, 7) is 3.26. The first kappa shape index (κ1) is 20.5. The van der Waals surface area contributed by atoms with E-state index in [0.717, 1.165) is 18.5 Å². The fraction of sp³-hybridized carbons (Fsp3) is 0.450. The lowest BCUT2D eigenvalue weighted by Crippen LogP contribution is -2.37. The molecule has 4 rings (SSSR count). The molecule has 160 valence electrons. The SMILES string of the molecule is CC(=O)Nc1ccc(S(=O)(=O)N2CCc3c(c(C(=O)N4CCCC4)nn3C)C2)cc1. The number of fused-ring (bicyclic) bond motifs is 1. The molecule has 1 aromatic carbocycles. The zero-order valence-corrected chi connectivity index (χ0v) is 17.9. The molecule has 1 saturated heterocycles. The van der Waals surface area contributed by atoms with E-state index in [1.165, 1.54) is 23.4 Å². The molecule has 2 aliphatic heterocycles. The Hall–Kier alpha value is -2.72. The van der Waals surface area contributed by atoms with E-state index in [4.69, 9.17) is 0 Å². The zero-order valence-electron chi connectivity index (χ0n) is 17.1. The summed E-state index contributed by atoms with van der Waals surface area (Å²) < 4.78 is 29.5. The van der Waals surface area contributed by atoms with Crippen LogP contribution >= 0.6 is 0 Å². The Morgan fingerprint density at radius 1 is 1.07 bits per heavy atom. The molecule has 2 aliphatic rings. The highest BCUT2D eigenvalue weighted by molar-refractivity contribution is 7.89. The summed E-state index contributed by atoms with van der Waals surface area (Å²) in [5.41, 5.74) is 2.49. The van der Waals surface area contributed by atoms with Gasteiger partial charge in [-0.1, -0.05) is 0 Å². The van der Waals surface area contributed by atoms with Crippen molar-refractivity contribution in [2.45, 2.75) is 37.6 Å². The minimum atomic E-state index is -3.74. The summed E-state index contributed by atoms with van der Waals surface area (Å²) in [5, 5.41) is 7.05. The number of likely N-dealkylation sites (tertiary alicyclic amines) is 1. The van der Waals surface area contributed by atoms with Crippen molar-refractivity contribution in [2.24, 2.45) is 7.05 Å². The molecule has 0 aliphatic carbocycles. The molecule has 1 N–H and O–H groups in total. The Morgan fingerprint density at radius 2 is 1.73 bits per heavy atom. The van der Waals surface area contributed by atoms with Crippen molar-refractivity contribution in [3.63, 3.8) is 0 Å². The van der Waals surface area contributed by atoms with E-state index in [0.29, 0.717) is 43.0 Å². The van der Waals surface area contributed by atoms with Gasteiger partial charge in [0.15, 0.2) is 5.69 Å². The fourth-order valence-electron chi connectivity index (χ4n) is 4.08. The molecule has 0 spiro atoms. The van der Waals surface area contributed by atoms with Gasteiger partial charge in [-0.05, 0) is 37.1 Å². The standard InChI is InChI=1S/C20H25N5O4S/c1-14(26)21-15-5-7-16(8-6-15)30(28,29)25-12-9-18-17(13-25)19(22-23(18)2)20(27)24-10-3-4-11-24/h5-8H,3-4,9-13H2,1-2H3,(H,21,26). The van der Waals surface area contributed by atoms with Crippen LogP contribution in [0.25, 0.3) is 0 Å². The summed E-state index contributed by atoms with van der Waals surface area (Å²) in [6.07, 6.45) is 2.46. The molecule has 0 atom stereocenters. The maximum Gasteiger partial charge on any atom is 0.274 e. The van der Waals surface area contributed by atoms with Gasteiger partial charge < -0.3 is 10.2 Å². The Balaban J connectivity index is 1.60. The molecule has 30 heavy (non-hydrogen) atoms. The minimum Gasteiger partial charge on any atom is -0.337 e. The average molecular weight is 432 g/mol.